The number of hydrogen-bond donors (Lipinski definition) is 2. The summed E-state index contributed by atoms with van der Waals surface area (Å²) in [5, 5.41) is 0. The smallest absolute Gasteiger partial charge is 0.241 e. The van der Waals surface area contributed by atoms with Gasteiger partial charge < -0.3 is 10.6 Å². The Bertz CT molecular complexity index is 598. The van der Waals surface area contributed by atoms with E-state index in [0.717, 1.165) is 6.07 Å². The van der Waals surface area contributed by atoms with Crippen LogP contribution in [0.4, 0.5) is 10.1 Å². The van der Waals surface area contributed by atoms with E-state index in [1.54, 1.807) is 0 Å². The summed E-state index contributed by atoms with van der Waals surface area (Å²) < 4.78 is 40.6. The lowest BCUT2D eigenvalue weighted by Gasteiger charge is -2.32. The topological polar surface area (TPSA) is 75.4 Å². The Kier molecular flexibility index (Phi) is 4.78. The third-order valence-corrected chi connectivity index (χ3v) is 5.04. The lowest BCUT2D eigenvalue weighted by atomic mass is 10.1. The number of anilines is 1. The Labute approximate surface area is 120 Å². The van der Waals surface area contributed by atoms with Crippen molar-refractivity contribution in [1.29, 1.82) is 0 Å². The molecule has 3 N–H and O–H groups in total. The highest BCUT2D eigenvalue weighted by Gasteiger charge is 2.26. The summed E-state index contributed by atoms with van der Waals surface area (Å²) in [5.41, 5.74) is 5.30. The van der Waals surface area contributed by atoms with Crippen LogP contribution in [0.2, 0.25) is 0 Å². The van der Waals surface area contributed by atoms with Gasteiger partial charge in [-0.1, -0.05) is 0 Å². The van der Waals surface area contributed by atoms with Gasteiger partial charge in [0.15, 0.2) is 0 Å². The standard InChI is InChI=1S/C13H22FN3O2S/c1-9-11(14)6-10(15)7-12(9)20(18,19)16-8-13(2,3)17(4)5/h6-7,16H,8,15H2,1-5H3. The number of sulfonamides is 1. The van der Waals surface area contributed by atoms with Crippen LogP contribution in [0.15, 0.2) is 17.0 Å². The second-order valence-corrected chi connectivity index (χ2v) is 7.39. The van der Waals surface area contributed by atoms with Crippen LogP contribution in [0.25, 0.3) is 0 Å². The minimum Gasteiger partial charge on any atom is -0.399 e. The highest BCUT2D eigenvalue weighted by molar-refractivity contribution is 7.89. The van der Waals surface area contributed by atoms with Crippen molar-refractivity contribution in [3.05, 3.63) is 23.5 Å². The first-order valence-corrected chi connectivity index (χ1v) is 7.68. The predicted octanol–water partition coefficient (Wildman–Crippen LogP) is 1.33. The van der Waals surface area contributed by atoms with Crippen LogP contribution in [0, 0.1) is 12.7 Å². The fraction of sp³-hybridized carbons (Fsp3) is 0.538. The first-order chi connectivity index (χ1) is 8.97. The van der Waals surface area contributed by atoms with Gasteiger partial charge in [0.25, 0.3) is 0 Å². The minimum atomic E-state index is -3.80. The van der Waals surface area contributed by atoms with E-state index < -0.39 is 15.8 Å². The molecule has 20 heavy (non-hydrogen) atoms. The van der Waals surface area contributed by atoms with Gasteiger partial charge in [0.05, 0.1) is 4.90 Å². The third-order valence-electron chi connectivity index (χ3n) is 3.51. The lowest BCUT2D eigenvalue weighted by molar-refractivity contribution is 0.199. The number of nitrogens with two attached hydrogens (primary N) is 1. The average Bonchev–Trinajstić information content (AvgIpc) is 2.31. The van der Waals surface area contributed by atoms with Crippen molar-refractivity contribution in [3.63, 3.8) is 0 Å². The highest BCUT2D eigenvalue weighted by Crippen LogP contribution is 2.22. The normalized spacial score (nSPS) is 12.9. The summed E-state index contributed by atoms with van der Waals surface area (Å²) in [7, 11) is -0.0777. The maximum absolute atomic E-state index is 13.6. The van der Waals surface area contributed by atoms with Gasteiger partial charge in [-0.05, 0) is 47.0 Å². The molecule has 0 aliphatic heterocycles. The molecule has 1 aromatic rings. The van der Waals surface area contributed by atoms with Crippen molar-refractivity contribution in [2.45, 2.75) is 31.2 Å². The van der Waals surface area contributed by atoms with E-state index in [0.29, 0.717) is 0 Å². The molecule has 0 spiro atoms. The molecule has 0 saturated carbocycles. The van der Waals surface area contributed by atoms with Gasteiger partial charge in [0, 0.05) is 23.3 Å². The van der Waals surface area contributed by atoms with Crippen LogP contribution in [-0.2, 0) is 10.0 Å². The van der Waals surface area contributed by atoms with Gasteiger partial charge in [-0.25, -0.2) is 17.5 Å². The van der Waals surface area contributed by atoms with E-state index in [-0.39, 0.29) is 28.2 Å². The molecule has 0 atom stereocenters. The van der Waals surface area contributed by atoms with Crippen molar-refractivity contribution >= 4 is 15.7 Å². The quantitative estimate of drug-likeness (QED) is 0.805. The van der Waals surface area contributed by atoms with Crippen molar-refractivity contribution in [2.75, 3.05) is 26.4 Å². The fourth-order valence-corrected chi connectivity index (χ4v) is 2.95. The molecule has 0 amide bonds. The van der Waals surface area contributed by atoms with E-state index >= 15 is 0 Å². The predicted molar refractivity (Wildman–Crippen MR) is 78.5 cm³/mol. The zero-order valence-corrected chi connectivity index (χ0v) is 13.3. The first kappa shape index (κ1) is 16.9. The summed E-state index contributed by atoms with van der Waals surface area (Å²) in [6.07, 6.45) is 0. The van der Waals surface area contributed by atoms with Crippen LogP contribution in [0.3, 0.4) is 0 Å². The van der Waals surface area contributed by atoms with Crippen LogP contribution in [-0.4, -0.2) is 39.5 Å². The number of nitrogens with zero attached hydrogens (tertiary/aromatic N) is 1. The van der Waals surface area contributed by atoms with E-state index in [9.17, 15) is 12.8 Å². The molecule has 0 saturated heterocycles. The molecule has 0 aliphatic rings. The maximum Gasteiger partial charge on any atom is 0.241 e. The first-order valence-electron chi connectivity index (χ1n) is 6.20. The van der Waals surface area contributed by atoms with Crippen molar-refractivity contribution in [1.82, 2.24) is 9.62 Å². The fourth-order valence-electron chi connectivity index (χ4n) is 1.46. The molecule has 7 heteroatoms. The average molecular weight is 303 g/mol. The van der Waals surface area contributed by atoms with E-state index in [1.807, 2.05) is 32.8 Å². The molecule has 0 unspecified atom stereocenters. The highest BCUT2D eigenvalue weighted by atomic mass is 32.2. The molecule has 5 nitrogen and oxygen atoms in total. The van der Waals surface area contributed by atoms with Gasteiger partial charge in [0.2, 0.25) is 10.0 Å². The zero-order chi connectivity index (χ0) is 15.7. The van der Waals surface area contributed by atoms with Crippen LogP contribution >= 0.6 is 0 Å². The SMILES string of the molecule is Cc1c(F)cc(N)cc1S(=O)(=O)NCC(C)(C)N(C)C. The number of nitrogen functional groups attached to an aromatic ring is 1. The molecule has 1 aromatic carbocycles. The molecule has 0 bridgehead atoms. The summed E-state index contributed by atoms with van der Waals surface area (Å²) in [5.74, 6) is -0.628. The van der Waals surface area contributed by atoms with Crippen LogP contribution in [0.1, 0.15) is 19.4 Å². The molecule has 1 rings (SSSR count). The largest absolute Gasteiger partial charge is 0.399 e. The number of rotatable bonds is 5. The summed E-state index contributed by atoms with van der Waals surface area (Å²) in [4.78, 5) is 1.78. The molecule has 0 aliphatic carbocycles. The Morgan fingerprint density at radius 3 is 2.40 bits per heavy atom. The van der Waals surface area contributed by atoms with Crippen molar-refractivity contribution in [2.24, 2.45) is 0 Å². The number of benzene rings is 1. The van der Waals surface area contributed by atoms with Gasteiger partial charge in [-0.3, -0.25) is 0 Å². The Morgan fingerprint density at radius 2 is 1.90 bits per heavy atom. The summed E-state index contributed by atoms with van der Waals surface area (Å²) in [6, 6.07) is 2.38. The van der Waals surface area contributed by atoms with Gasteiger partial charge in [0.1, 0.15) is 5.82 Å². The van der Waals surface area contributed by atoms with Crippen LogP contribution in [0.5, 0.6) is 0 Å². The second-order valence-electron chi connectivity index (χ2n) is 5.66. The number of likely N-dealkylation sites (N-methyl/N-ethyl adjacent to an activating group) is 1. The molecule has 0 heterocycles. The monoisotopic (exact) mass is 303 g/mol. The molecular weight excluding hydrogens is 281 g/mol. The molecule has 0 aromatic heterocycles. The number of halogens is 1. The van der Waals surface area contributed by atoms with E-state index in [2.05, 4.69) is 4.72 Å². The molecule has 114 valence electrons. The molecule has 0 fully saturated rings. The Balaban J connectivity index is 3.07. The maximum atomic E-state index is 13.6. The summed E-state index contributed by atoms with van der Waals surface area (Å²) >= 11 is 0. The number of hydrogen-bond acceptors (Lipinski definition) is 4. The van der Waals surface area contributed by atoms with Gasteiger partial charge in [-0.15, -0.1) is 0 Å². The van der Waals surface area contributed by atoms with Gasteiger partial charge in [-0.2, -0.15) is 0 Å². The second kappa shape index (κ2) is 5.67. The van der Waals surface area contributed by atoms with E-state index in [1.165, 1.54) is 13.0 Å². The van der Waals surface area contributed by atoms with Crippen molar-refractivity contribution < 1.29 is 12.8 Å². The zero-order valence-electron chi connectivity index (χ0n) is 12.5. The molecule has 0 radical (unpaired) electrons. The van der Waals surface area contributed by atoms with Crippen molar-refractivity contribution in [3.8, 4) is 0 Å². The van der Waals surface area contributed by atoms with E-state index in [4.69, 9.17) is 5.73 Å². The lowest BCUT2D eigenvalue weighted by Crippen LogP contribution is -2.48. The summed E-state index contributed by atoms with van der Waals surface area (Å²) in [6.45, 7) is 5.43. The Morgan fingerprint density at radius 1 is 1.35 bits per heavy atom. The number of nitrogens with one attached hydrogen (secondary N) is 1. The molecular formula is C13H22FN3O2S. The minimum absolute atomic E-state index is 0.0642. The third kappa shape index (κ3) is 3.68. The Hall–Kier alpha value is -1.18. The van der Waals surface area contributed by atoms with Crippen LogP contribution < -0.4 is 10.5 Å². The van der Waals surface area contributed by atoms with Gasteiger partial charge >= 0.3 is 0 Å².